The zero-order valence-electron chi connectivity index (χ0n) is 16.6. The summed E-state index contributed by atoms with van der Waals surface area (Å²) < 4.78 is 0. The number of rotatable bonds is 5. The highest BCUT2D eigenvalue weighted by molar-refractivity contribution is 7.20. The summed E-state index contributed by atoms with van der Waals surface area (Å²) >= 11 is 3.11. The van der Waals surface area contributed by atoms with Crippen molar-refractivity contribution in [3.05, 3.63) is 71.4 Å². The van der Waals surface area contributed by atoms with Gasteiger partial charge in [0.25, 0.3) is 5.91 Å². The monoisotopic (exact) mass is 448 g/mol. The third-order valence-corrected chi connectivity index (χ3v) is 7.01. The largest absolute Gasteiger partial charge is 0.366 e. The predicted octanol–water partition coefficient (Wildman–Crippen LogP) is 4.24. The molecule has 0 unspecified atom stereocenters. The van der Waals surface area contributed by atoms with Crippen molar-refractivity contribution in [2.75, 3.05) is 41.3 Å². The number of carbonyl (C=O) groups excluding carboxylic acids is 1. The van der Waals surface area contributed by atoms with Crippen LogP contribution >= 0.6 is 22.7 Å². The van der Waals surface area contributed by atoms with Gasteiger partial charge in [-0.1, -0.05) is 18.2 Å². The van der Waals surface area contributed by atoms with E-state index in [-0.39, 0.29) is 5.91 Å². The summed E-state index contributed by atoms with van der Waals surface area (Å²) in [6, 6.07) is 13.9. The van der Waals surface area contributed by atoms with Gasteiger partial charge in [0.15, 0.2) is 0 Å². The Balaban J connectivity index is 1.28. The smallest absolute Gasteiger partial charge is 0.275 e. The SMILES string of the molecule is O=C(Nc1ccccc1N1CCN(c2ccncn2)CC1)c1csc(-c2cccs2)n1. The minimum atomic E-state index is -0.189. The van der Waals surface area contributed by atoms with Crippen LogP contribution in [0.3, 0.4) is 0 Å². The van der Waals surface area contributed by atoms with Crippen LogP contribution in [0.4, 0.5) is 17.2 Å². The highest BCUT2D eigenvalue weighted by Crippen LogP contribution is 2.30. The first-order valence-corrected chi connectivity index (χ1v) is 11.7. The van der Waals surface area contributed by atoms with E-state index < -0.39 is 0 Å². The number of thiazole rings is 1. The van der Waals surface area contributed by atoms with Gasteiger partial charge in [0, 0.05) is 37.8 Å². The number of carbonyl (C=O) groups is 1. The second kappa shape index (κ2) is 8.83. The molecule has 1 N–H and O–H groups in total. The minimum absolute atomic E-state index is 0.189. The van der Waals surface area contributed by atoms with Crippen molar-refractivity contribution >= 4 is 45.8 Å². The fraction of sp³-hybridized carbons (Fsp3) is 0.182. The minimum Gasteiger partial charge on any atom is -0.366 e. The van der Waals surface area contributed by atoms with Crippen LogP contribution in [0.15, 0.2) is 65.7 Å². The molecular formula is C22H20N6OS2. The van der Waals surface area contributed by atoms with Gasteiger partial charge in [-0.25, -0.2) is 15.0 Å². The molecule has 3 aromatic heterocycles. The fourth-order valence-corrected chi connectivity index (χ4v) is 5.19. The van der Waals surface area contributed by atoms with E-state index in [1.54, 1.807) is 23.9 Å². The zero-order chi connectivity index (χ0) is 21.0. The highest BCUT2D eigenvalue weighted by Gasteiger charge is 2.21. The van der Waals surface area contributed by atoms with Crippen LogP contribution in [0.5, 0.6) is 0 Å². The van der Waals surface area contributed by atoms with E-state index in [9.17, 15) is 4.79 Å². The van der Waals surface area contributed by atoms with Crippen molar-refractivity contribution in [1.29, 1.82) is 0 Å². The van der Waals surface area contributed by atoms with Gasteiger partial charge in [0.1, 0.15) is 22.8 Å². The molecule has 1 saturated heterocycles. The number of hydrogen-bond acceptors (Lipinski definition) is 8. The maximum atomic E-state index is 12.9. The Hall–Kier alpha value is -3.30. The molecular weight excluding hydrogens is 428 g/mol. The molecule has 9 heteroatoms. The predicted molar refractivity (Wildman–Crippen MR) is 126 cm³/mol. The standard InChI is InChI=1S/C22H20N6OS2/c29-21(17-14-31-22(26-17)19-6-3-13-30-19)25-16-4-1-2-5-18(16)27-9-11-28(12-10-27)20-7-8-23-15-24-20/h1-8,13-15H,9-12H2,(H,25,29). The summed E-state index contributed by atoms with van der Waals surface area (Å²) in [5.74, 6) is 0.757. The molecule has 1 amide bonds. The Labute approximate surface area is 188 Å². The first-order chi connectivity index (χ1) is 15.3. The molecule has 0 radical (unpaired) electrons. The summed E-state index contributed by atoms with van der Waals surface area (Å²) in [5, 5.41) is 7.75. The van der Waals surface area contributed by atoms with E-state index in [1.807, 2.05) is 53.2 Å². The molecule has 1 aliphatic heterocycles. The Morgan fingerprint density at radius 2 is 1.81 bits per heavy atom. The molecule has 0 saturated carbocycles. The lowest BCUT2D eigenvalue weighted by Gasteiger charge is -2.37. The van der Waals surface area contributed by atoms with Crippen molar-refractivity contribution in [3.8, 4) is 9.88 Å². The molecule has 1 fully saturated rings. The maximum absolute atomic E-state index is 12.9. The molecule has 156 valence electrons. The van der Waals surface area contributed by atoms with Crippen LogP contribution < -0.4 is 15.1 Å². The molecule has 4 aromatic rings. The number of para-hydroxylation sites is 2. The molecule has 4 heterocycles. The van der Waals surface area contributed by atoms with E-state index >= 15 is 0 Å². The van der Waals surface area contributed by atoms with Crippen LogP contribution in [-0.4, -0.2) is 47.0 Å². The number of anilines is 3. The lowest BCUT2D eigenvalue weighted by atomic mass is 10.2. The van der Waals surface area contributed by atoms with E-state index in [0.717, 1.165) is 53.3 Å². The molecule has 31 heavy (non-hydrogen) atoms. The van der Waals surface area contributed by atoms with Crippen LogP contribution in [0.2, 0.25) is 0 Å². The maximum Gasteiger partial charge on any atom is 0.275 e. The molecule has 1 aliphatic rings. The van der Waals surface area contributed by atoms with Crippen LogP contribution in [0, 0.1) is 0 Å². The van der Waals surface area contributed by atoms with Gasteiger partial charge in [-0.15, -0.1) is 22.7 Å². The quantitative estimate of drug-likeness (QED) is 0.492. The molecule has 7 nitrogen and oxygen atoms in total. The van der Waals surface area contributed by atoms with Crippen molar-refractivity contribution in [2.45, 2.75) is 0 Å². The number of thiophene rings is 1. The number of nitrogens with zero attached hydrogens (tertiary/aromatic N) is 5. The first-order valence-electron chi connectivity index (χ1n) is 9.93. The molecule has 0 atom stereocenters. The van der Waals surface area contributed by atoms with Gasteiger partial charge in [0.05, 0.1) is 16.3 Å². The average molecular weight is 449 g/mol. The van der Waals surface area contributed by atoms with Gasteiger partial charge < -0.3 is 15.1 Å². The van der Waals surface area contributed by atoms with Crippen molar-refractivity contribution in [1.82, 2.24) is 15.0 Å². The lowest BCUT2D eigenvalue weighted by Crippen LogP contribution is -2.47. The fourth-order valence-electron chi connectivity index (χ4n) is 3.58. The van der Waals surface area contributed by atoms with Crippen LogP contribution in [0.1, 0.15) is 10.5 Å². The van der Waals surface area contributed by atoms with Crippen LogP contribution in [-0.2, 0) is 0 Å². The number of benzene rings is 1. The van der Waals surface area contributed by atoms with Gasteiger partial charge in [-0.2, -0.15) is 0 Å². The first kappa shape index (κ1) is 19.7. The number of aromatic nitrogens is 3. The normalized spacial score (nSPS) is 13.9. The topological polar surface area (TPSA) is 74.2 Å². The van der Waals surface area contributed by atoms with Crippen molar-refractivity contribution in [2.24, 2.45) is 0 Å². The van der Waals surface area contributed by atoms with Crippen molar-refractivity contribution in [3.63, 3.8) is 0 Å². The number of nitrogens with one attached hydrogen (secondary N) is 1. The Kier molecular flexibility index (Phi) is 5.59. The molecule has 5 rings (SSSR count). The van der Waals surface area contributed by atoms with Gasteiger partial charge in [-0.3, -0.25) is 4.79 Å². The summed E-state index contributed by atoms with van der Waals surface area (Å²) in [5.41, 5.74) is 2.26. The van der Waals surface area contributed by atoms with E-state index in [1.165, 1.54) is 11.3 Å². The van der Waals surface area contributed by atoms with E-state index in [4.69, 9.17) is 0 Å². The lowest BCUT2D eigenvalue weighted by molar-refractivity contribution is 0.102. The Morgan fingerprint density at radius 1 is 0.968 bits per heavy atom. The van der Waals surface area contributed by atoms with E-state index in [2.05, 4.69) is 30.1 Å². The third-order valence-electron chi connectivity index (χ3n) is 5.13. The summed E-state index contributed by atoms with van der Waals surface area (Å²) in [6.07, 6.45) is 3.34. The summed E-state index contributed by atoms with van der Waals surface area (Å²) in [6.45, 7) is 3.40. The molecule has 0 spiro atoms. The average Bonchev–Trinajstić information content (AvgIpc) is 3.52. The Bertz CT molecular complexity index is 1150. The van der Waals surface area contributed by atoms with Gasteiger partial charge in [-0.05, 0) is 29.6 Å². The van der Waals surface area contributed by atoms with Gasteiger partial charge >= 0.3 is 0 Å². The summed E-state index contributed by atoms with van der Waals surface area (Å²) in [7, 11) is 0. The van der Waals surface area contributed by atoms with Gasteiger partial charge in [0.2, 0.25) is 0 Å². The van der Waals surface area contributed by atoms with E-state index in [0.29, 0.717) is 5.69 Å². The molecule has 0 aliphatic carbocycles. The zero-order valence-corrected chi connectivity index (χ0v) is 18.3. The highest BCUT2D eigenvalue weighted by atomic mass is 32.1. The third kappa shape index (κ3) is 4.28. The number of amides is 1. The summed E-state index contributed by atoms with van der Waals surface area (Å²) in [4.78, 5) is 31.3. The molecule has 0 bridgehead atoms. The number of hydrogen-bond donors (Lipinski definition) is 1. The van der Waals surface area contributed by atoms with Crippen LogP contribution in [0.25, 0.3) is 9.88 Å². The number of piperazine rings is 1. The second-order valence-electron chi connectivity index (χ2n) is 7.03. The van der Waals surface area contributed by atoms with Crippen molar-refractivity contribution < 1.29 is 4.79 Å². The second-order valence-corrected chi connectivity index (χ2v) is 8.83. The molecule has 1 aromatic carbocycles. The Morgan fingerprint density at radius 3 is 2.58 bits per heavy atom.